The number of aromatic nitrogens is 5. The number of amides is 1. The number of hydrogen-bond donors (Lipinski definition) is 0. The Morgan fingerprint density at radius 1 is 1.35 bits per heavy atom. The normalized spacial score (nSPS) is 15.9. The fraction of sp³-hybridized carbons (Fsp3) is 0.600. The molecule has 2 aromatic heterocycles. The highest BCUT2D eigenvalue weighted by molar-refractivity contribution is 5.77. The lowest BCUT2D eigenvalue weighted by atomic mass is 10.1. The number of ether oxygens (including phenoxy) is 1. The third kappa shape index (κ3) is 3.20. The van der Waals surface area contributed by atoms with Crippen molar-refractivity contribution >= 4 is 5.91 Å². The first kappa shape index (κ1) is 15.5. The van der Waals surface area contributed by atoms with Gasteiger partial charge in [0.25, 0.3) is 5.91 Å². The average molecular weight is 318 g/mol. The van der Waals surface area contributed by atoms with E-state index in [1.54, 1.807) is 17.3 Å². The molecule has 0 spiro atoms. The largest absolute Gasteiger partial charge is 0.480 e. The van der Waals surface area contributed by atoms with Crippen LogP contribution in [-0.2, 0) is 11.8 Å². The van der Waals surface area contributed by atoms with Crippen LogP contribution in [0.2, 0.25) is 0 Å². The number of rotatable bonds is 4. The van der Waals surface area contributed by atoms with Crippen LogP contribution in [0.3, 0.4) is 0 Å². The molecular formula is C15H22N6O2. The molecule has 23 heavy (non-hydrogen) atoms. The maximum atomic E-state index is 12.3. The van der Waals surface area contributed by atoms with Crippen LogP contribution in [0.5, 0.6) is 5.75 Å². The number of carbonyl (C=O) groups is 1. The minimum Gasteiger partial charge on any atom is -0.480 e. The van der Waals surface area contributed by atoms with Gasteiger partial charge in [0.05, 0.1) is 11.7 Å². The van der Waals surface area contributed by atoms with Crippen LogP contribution in [-0.4, -0.2) is 55.0 Å². The van der Waals surface area contributed by atoms with E-state index in [1.807, 2.05) is 30.5 Å². The van der Waals surface area contributed by atoms with Gasteiger partial charge in [0.2, 0.25) is 0 Å². The predicted octanol–water partition coefficient (Wildman–Crippen LogP) is 0.871. The van der Waals surface area contributed by atoms with Crippen LogP contribution >= 0.6 is 0 Å². The fourth-order valence-corrected chi connectivity index (χ4v) is 2.97. The zero-order valence-electron chi connectivity index (χ0n) is 13.8. The fourth-order valence-electron chi connectivity index (χ4n) is 2.97. The second-order valence-electron chi connectivity index (χ2n) is 5.90. The summed E-state index contributed by atoms with van der Waals surface area (Å²) in [4.78, 5) is 18.2. The maximum absolute atomic E-state index is 12.3. The average Bonchev–Trinajstić information content (AvgIpc) is 3.16. The minimum absolute atomic E-state index is 0.0182. The third-order valence-corrected chi connectivity index (χ3v) is 4.41. The summed E-state index contributed by atoms with van der Waals surface area (Å²) in [6.07, 6.45) is 5.06. The molecule has 0 N–H and O–H groups in total. The summed E-state index contributed by atoms with van der Waals surface area (Å²) in [5, 5.41) is 8.47. The highest BCUT2D eigenvalue weighted by Crippen LogP contribution is 2.23. The SMILES string of the molecule is Cc1nn(C)c(C)c1OCC(=O)N1CCC(n2cncn2)CC1. The lowest BCUT2D eigenvalue weighted by Crippen LogP contribution is -2.41. The van der Waals surface area contributed by atoms with Crippen molar-refractivity contribution in [1.29, 1.82) is 0 Å². The molecule has 1 aliphatic rings. The van der Waals surface area contributed by atoms with Crippen LogP contribution in [0.25, 0.3) is 0 Å². The molecule has 8 heteroatoms. The molecule has 1 fully saturated rings. The summed E-state index contributed by atoms with van der Waals surface area (Å²) >= 11 is 0. The summed E-state index contributed by atoms with van der Waals surface area (Å²) < 4.78 is 9.34. The van der Waals surface area contributed by atoms with E-state index in [1.165, 1.54) is 0 Å². The lowest BCUT2D eigenvalue weighted by Gasteiger charge is -2.31. The topological polar surface area (TPSA) is 78.1 Å². The zero-order valence-corrected chi connectivity index (χ0v) is 13.8. The molecule has 124 valence electrons. The number of nitrogens with zero attached hydrogens (tertiary/aromatic N) is 6. The molecule has 8 nitrogen and oxygen atoms in total. The third-order valence-electron chi connectivity index (χ3n) is 4.41. The van der Waals surface area contributed by atoms with Crippen LogP contribution in [0, 0.1) is 13.8 Å². The van der Waals surface area contributed by atoms with Gasteiger partial charge >= 0.3 is 0 Å². The van der Waals surface area contributed by atoms with E-state index in [0.717, 1.165) is 37.3 Å². The number of hydrogen-bond acceptors (Lipinski definition) is 5. The lowest BCUT2D eigenvalue weighted by molar-refractivity contribution is -0.134. The van der Waals surface area contributed by atoms with Gasteiger partial charge in [0, 0.05) is 20.1 Å². The van der Waals surface area contributed by atoms with Crippen molar-refractivity contribution in [2.75, 3.05) is 19.7 Å². The van der Waals surface area contributed by atoms with Gasteiger partial charge in [-0.3, -0.25) is 9.48 Å². The van der Waals surface area contributed by atoms with Crippen LogP contribution in [0.4, 0.5) is 0 Å². The Bertz CT molecular complexity index is 670. The van der Waals surface area contributed by atoms with Crippen molar-refractivity contribution in [2.24, 2.45) is 7.05 Å². The van der Waals surface area contributed by atoms with Crippen LogP contribution in [0.1, 0.15) is 30.3 Å². The molecule has 1 saturated heterocycles. The standard InChI is InChI=1S/C15H22N6O2/c1-11-15(12(2)19(3)18-11)23-8-14(22)20-6-4-13(5-7-20)21-10-16-9-17-21/h9-10,13H,4-8H2,1-3H3. The monoisotopic (exact) mass is 318 g/mol. The minimum atomic E-state index is 0.0182. The molecule has 0 aliphatic carbocycles. The van der Waals surface area contributed by atoms with Gasteiger partial charge in [-0.1, -0.05) is 0 Å². The highest BCUT2D eigenvalue weighted by atomic mass is 16.5. The van der Waals surface area contributed by atoms with Crippen molar-refractivity contribution in [1.82, 2.24) is 29.4 Å². The number of piperidine rings is 1. The first-order valence-electron chi connectivity index (χ1n) is 7.81. The Kier molecular flexibility index (Phi) is 4.31. The van der Waals surface area contributed by atoms with E-state index in [-0.39, 0.29) is 12.5 Å². The Morgan fingerprint density at radius 3 is 2.65 bits per heavy atom. The van der Waals surface area contributed by atoms with Gasteiger partial charge in [-0.05, 0) is 26.7 Å². The van der Waals surface area contributed by atoms with Gasteiger partial charge in [0.1, 0.15) is 18.3 Å². The quantitative estimate of drug-likeness (QED) is 0.836. The Hall–Kier alpha value is -2.38. The van der Waals surface area contributed by atoms with Gasteiger partial charge in [-0.2, -0.15) is 10.2 Å². The molecular weight excluding hydrogens is 296 g/mol. The summed E-state index contributed by atoms with van der Waals surface area (Å²) in [5.41, 5.74) is 1.74. The first-order valence-corrected chi connectivity index (χ1v) is 7.81. The van der Waals surface area contributed by atoms with E-state index < -0.39 is 0 Å². The van der Waals surface area contributed by atoms with E-state index in [4.69, 9.17) is 4.74 Å². The molecule has 0 bridgehead atoms. The van der Waals surface area contributed by atoms with Crippen LogP contribution in [0.15, 0.2) is 12.7 Å². The van der Waals surface area contributed by atoms with Gasteiger partial charge in [-0.15, -0.1) is 0 Å². The first-order chi connectivity index (χ1) is 11.1. The molecule has 2 aromatic rings. The molecule has 0 unspecified atom stereocenters. The van der Waals surface area contributed by atoms with Crippen molar-refractivity contribution < 1.29 is 9.53 Å². The summed E-state index contributed by atoms with van der Waals surface area (Å²) in [6, 6.07) is 0.324. The van der Waals surface area contributed by atoms with Crippen molar-refractivity contribution in [3.05, 3.63) is 24.0 Å². The molecule has 0 aromatic carbocycles. The second kappa shape index (κ2) is 6.39. The molecule has 0 atom stereocenters. The molecule has 1 aliphatic heterocycles. The second-order valence-corrected chi connectivity index (χ2v) is 5.90. The van der Waals surface area contributed by atoms with E-state index >= 15 is 0 Å². The van der Waals surface area contributed by atoms with E-state index in [0.29, 0.717) is 11.8 Å². The summed E-state index contributed by atoms with van der Waals surface area (Å²) in [5.74, 6) is 0.725. The predicted molar refractivity (Wildman–Crippen MR) is 83.1 cm³/mol. The van der Waals surface area contributed by atoms with Gasteiger partial charge < -0.3 is 9.64 Å². The van der Waals surface area contributed by atoms with E-state index in [9.17, 15) is 4.79 Å². The molecule has 3 rings (SSSR count). The van der Waals surface area contributed by atoms with Crippen LogP contribution < -0.4 is 4.74 Å². The van der Waals surface area contributed by atoms with Gasteiger partial charge in [0.15, 0.2) is 12.4 Å². The summed E-state index contributed by atoms with van der Waals surface area (Å²) in [7, 11) is 1.87. The Balaban J connectivity index is 1.52. The van der Waals surface area contributed by atoms with Crippen molar-refractivity contribution in [2.45, 2.75) is 32.7 Å². The van der Waals surface area contributed by atoms with Crippen molar-refractivity contribution in [3.8, 4) is 5.75 Å². The Morgan fingerprint density at radius 2 is 2.09 bits per heavy atom. The zero-order chi connectivity index (χ0) is 16.4. The van der Waals surface area contributed by atoms with Gasteiger partial charge in [-0.25, -0.2) is 9.67 Å². The molecule has 3 heterocycles. The molecule has 0 radical (unpaired) electrons. The highest BCUT2D eigenvalue weighted by Gasteiger charge is 2.25. The number of aryl methyl sites for hydroxylation is 2. The van der Waals surface area contributed by atoms with Crippen molar-refractivity contribution in [3.63, 3.8) is 0 Å². The van der Waals surface area contributed by atoms with E-state index in [2.05, 4.69) is 15.2 Å². The summed E-state index contributed by atoms with van der Waals surface area (Å²) in [6.45, 7) is 5.32. The maximum Gasteiger partial charge on any atom is 0.260 e. The molecule has 0 saturated carbocycles. The number of carbonyl (C=O) groups excluding carboxylic acids is 1. The molecule has 1 amide bonds. The smallest absolute Gasteiger partial charge is 0.260 e. The number of likely N-dealkylation sites (tertiary alicyclic amines) is 1. The Labute approximate surface area is 135 Å².